The maximum atomic E-state index is 13.7. The monoisotopic (exact) mass is 442 g/mol. The third kappa shape index (κ3) is 4.32. The Morgan fingerprint density at radius 1 is 1.28 bits per heavy atom. The molecule has 9 nitrogen and oxygen atoms in total. The van der Waals surface area contributed by atoms with Gasteiger partial charge in [0.05, 0.1) is 25.9 Å². The van der Waals surface area contributed by atoms with Crippen LogP contribution in [0.1, 0.15) is 55.1 Å². The van der Waals surface area contributed by atoms with Crippen LogP contribution in [0.4, 0.5) is 5.69 Å². The van der Waals surface area contributed by atoms with Crippen LogP contribution in [0.2, 0.25) is 0 Å². The standard InChI is InChI=1S/C23H30N4O5/c1-6-32-21(29)16-13-18-20(28)27(17-9-7-8-10-19(17)31-5)23(4,14-26(18)25-16)22(30)24-12-11-15(2)3/h7-10,13,15H,6,11-12,14H2,1-5H3,(H,24,30)/t23-/m1/s1. The largest absolute Gasteiger partial charge is 0.495 e. The van der Waals surface area contributed by atoms with Crippen molar-refractivity contribution >= 4 is 23.5 Å². The Morgan fingerprint density at radius 3 is 2.66 bits per heavy atom. The van der Waals surface area contributed by atoms with Gasteiger partial charge in [-0.2, -0.15) is 5.10 Å². The van der Waals surface area contributed by atoms with Crippen molar-refractivity contribution < 1.29 is 23.9 Å². The lowest BCUT2D eigenvalue weighted by atomic mass is 9.93. The van der Waals surface area contributed by atoms with E-state index in [-0.39, 0.29) is 30.4 Å². The molecule has 2 amide bonds. The lowest BCUT2D eigenvalue weighted by Crippen LogP contribution is -2.64. The number of ether oxygens (including phenoxy) is 2. The average Bonchev–Trinajstić information content (AvgIpc) is 3.18. The predicted molar refractivity (Wildman–Crippen MR) is 119 cm³/mol. The first-order valence-electron chi connectivity index (χ1n) is 10.7. The van der Waals surface area contributed by atoms with Crippen LogP contribution in [0.15, 0.2) is 30.3 Å². The number of para-hydroxylation sites is 2. The Hall–Kier alpha value is -3.36. The lowest BCUT2D eigenvalue weighted by Gasteiger charge is -2.43. The highest BCUT2D eigenvalue weighted by Crippen LogP contribution is 2.38. The van der Waals surface area contributed by atoms with Crippen LogP contribution >= 0.6 is 0 Å². The van der Waals surface area contributed by atoms with Crippen molar-refractivity contribution in [2.24, 2.45) is 5.92 Å². The molecule has 0 saturated carbocycles. The number of rotatable bonds is 8. The molecule has 0 bridgehead atoms. The van der Waals surface area contributed by atoms with Gasteiger partial charge in [0.25, 0.3) is 5.91 Å². The molecule has 0 saturated heterocycles. The summed E-state index contributed by atoms with van der Waals surface area (Å²) >= 11 is 0. The summed E-state index contributed by atoms with van der Waals surface area (Å²) < 4.78 is 11.9. The Bertz CT molecular complexity index is 1020. The number of benzene rings is 1. The summed E-state index contributed by atoms with van der Waals surface area (Å²) in [6.07, 6.45) is 0.810. The Balaban J connectivity index is 2.07. The molecule has 0 aliphatic carbocycles. The van der Waals surface area contributed by atoms with Gasteiger partial charge in [-0.1, -0.05) is 26.0 Å². The van der Waals surface area contributed by atoms with Gasteiger partial charge in [0.2, 0.25) is 5.91 Å². The van der Waals surface area contributed by atoms with E-state index in [1.807, 2.05) is 0 Å². The number of carbonyl (C=O) groups excluding carboxylic acids is 3. The van der Waals surface area contributed by atoms with Gasteiger partial charge in [-0.05, 0) is 38.3 Å². The van der Waals surface area contributed by atoms with Crippen LogP contribution in [0, 0.1) is 5.92 Å². The SMILES string of the molecule is CCOC(=O)c1cc2n(n1)C[C@](C)(C(=O)NCCC(C)C)N(c1ccccc1OC)C2=O. The van der Waals surface area contributed by atoms with Gasteiger partial charge in [0.15, 0.2) is 5.69 Å². The maximum Gasteiger partial charge on any atom is 0.358 e. The van der Waals surface area contributed by atoms with Crippen molar-refractivity contribution in [1.82, 2.24) is 15.1 Å². The minimum atomic E-state index is -1.30. The third-order valence-corrected chi connectivity index (χ3v) is 5.46. The molecule has 2 heterocycles. The fourth-order valence-corrected chi connectivity index (χ4v) is 3.74. The van der Waals surface area contributed by atoms with Crippen molar-refractivity contribution in [3.8, 4) is 5.75 Å². The molecule has 1 aromatic carbocycles. The van der Waals surface area contributed by atoms with Crippen LogP contribution in [-0.2, 0) is 16.1 Å². The Kier molecular flexibility index (Phi) is 6.86. The number of fused-ring (bicyclic) bond motifs is 1. The number of methoxy groups -OCH3 is 1. The summed E-state index contributed by atoms with van der Waals surface area (Å²) in [5.74, 6) is -0.498. The molecule has 0 radical (unpaired) electrons. The highest BCUT2D eigenvalue weighted by Gasteiger charge is 2.49. The number of nitrogens with zero attached hydrogens (tertiary/aromatic N) is 3. The lowest BCUT2D eigenvalue weighted by molar-refractivity contribution is -0.126. The number of aromatic nitrogens is 2. The van der Waals surface area contributed by atoms with Gasteiger partial charge < -0.3 is 14.8 Å². The second-order valence-corrected chi connectivity index (χ2v) is 8.32. The molecule has 1 atom stereocenters. The van der Waals surface area contributed by atoms with Crippen LogP contribution in [0.25, 0.3) is 0 Å². The number of hydrogen-bond donors (Lipinski definition) is 1. The van der Waals surface area contributed by atoms with E-state index in [1.165, 1.54) is 22.8 Å². The van der Waals surface area contributed by atoms with E-state index >= 15 is 0 Å². The fourth-order valence-electron chi connectivity index (χ4n) is 3.74. The molecule has 1 N–H and O–H groups in total. The molecular weight excluding hydrogens is 412 g/mol. The minimum absolute atomic E-state index is 0.0274. The van der Waals surface area contributed by atoms with E-state index in [4.69, 9.17) is 9.47 Å². The molecule has 0 spiro atoms. The molecule has 1 aromatic heterocycles. The van der Waals surface area contributed by atoms with Crippen molar-refractivity contribution in [3.05, 3.63) is 41.7 Å². The van der Waals surface area contributed by atoms with Gasteiger partial charge in [-0.15, -0.1) is 0 Å². The van der Waals surface area contributed by atoms with Crippen LogP contribution in [-0.4, -0.2) is 53.4 Å². The normalized spacial score (nSPS) is 17.8. The summed E-state index contributed by atoms with van der Waals surface area (Å²) in [6, 6.07) is 8.43. The van der Waals surface area contributed by atoms with Crippen molar-refractivity contribution in [3.63, 3.8) is 0 Å². The number of carbonyl (C=O) groups is 3. The van der Waals surface area contributed by atoms with Crippen LogP contribution in [0.3, 0.4) is 0 Å². The molecule has 32 heavy (non-hydrogen) atoms. The van der Waals surface area contributed by atoms with Gasteiger partial charge in [-0.25, -0.2) is 4.79 Å². The topological polar surface area (TPSA) is 103 Å². The molecule has 9 heteroatoms. The number of hydrogen-bond acceptors (Lipinski definition) is 6. The average molecular weight is 443 g/mol. The molecule has 0 fully saturated rings. The number of nitrogens with one attached hydrogen (secondary N) is 1. The second-order valence-electron chi connectivity index (χ2n) is 8.32. The van der Waals surface area contributed by atoms with Crippen molar-refractivity contribution in [2.45, 2.75) is 46.2 Å². The van der Waals surface area contributed by atoms with E-state index in [0.29, 0.717) is 23.9 Å². The minimum Gasteiger partial charge on any atom is -0.495 e. The maximum absolute atomic E-state index is 13.7. The molecule has 172 valence electrons. The first-order chi connectivity index (χ1) is 15.2. The zero-order valence-corrected chi connectivity index (χ0v) is 19.2. The summed E-state index contributed by atoms with van der Waals surface area (Å²) in [5.41, 5.74) is -0.606. The molecule has 2 aromatic rings. The molecular formula is C23H30N4O5. The molecule has 1 aliphatic rings. The highest BCUT2D eigenvalue weighted by molar-refractivity contribution is 6.13. The van der Waals surface area contributed by atoms with E-state index in [9.17, 15) is 14.4 Å². The zero-order chi connectivity index (χ0) is 23.5. The molecule has 1 aliphatic heterocycles. The van der Waals surface area contributed by atoms with Gasteiger partial charge >= 0.3 is 5.97 Å². The number of anilines is 1. The van der Waals surface area contributed by atoms with Crippen LogP contribution < -0.4 is 15.0 Å². The summed E-state index contributed by atoms with van der Waals surface area (Å²) in [7, 11) is 1.51. The summed E-state index contributed by atoms with van der Waals surface area (Å²) in [5, 5.41) is 7.22. The predicted octanol–water partition coefficient (Wildman–Crippen LogP) is 2.65. The van der Waals surface area contributed by atoms with Crippen molar-refractivity contribution in [2.75, 3.05) is 25.2 Å². The van der Waals surface area contributed by atoms with Gasteiger partial charge in [0, 0.05) is 12.6 Å². The summed E-state index contributed by atoms with van der Waals surface area (Å²) in [4.78, 5) is 40.7. The number of amides is 2. The number of esters is 1. The fraction of sp³-hybridized carbons (Fsp3) is 0.478. The smallest absolute Gasteiger partial charge is 0.358 e. The quantitative estimate of drug-likeness (QED) is 0.631. The summed E-state index contributed by atoms with van der Waals surface area (Å²) in [6.45, 7) is 8.29. The Labute approximate surface area is 187 Å². The second kappa shape index (κ2) is 9.42. The van der Waals surface area contributed by atoms with Crippen molar-refractivity contribution in [1.29, 1.82) is 0 Å². The first-order valence-corrected chi connectivity index (χ1v) is 10.7. The molecule has 0 unspecified atom stereocenters. The third-order valence-electron chi connectivity index (χ3n) is 5.46. The zero-order valence-electron chi connectivity index (χ0n) is 19.2. The van der Waals surface area contributed by atoms with Gasteiger partial charge in [0.1, 0.15) is 17.0 Å². The van der Waals surface area contributed by atoms with E-state index in [2.05, 4.69) is 24.3 Å². The van der Waals surface area contributed by atoms with E-state index in [1.54, 1.807) is 38.1 Å². The molecule has 3 rings (SSSR count). The van der Waals surface area contributed by atoms with Crippen LogP contribution in [0.5, 0.6) is 5.75 Å². The highest BCUT2D eigenvalue weighted by atomic mass is 16.5. The Morgan fingerprint density at radius 2 is 2.00 bits per heavy atom. The van der Waals surface area contributed by atoms with E-state index in [0.717, 1.165) is 6.42 Å². The van der Waals surface area contributed by atoms with Gasteiger partial charge in [-0.3, -0.25) is 19.2 Å². The van der Waals surface area contributed by atoms with E-state index < -0.39 is 17.4 Å². The first kappa shape index (κ1) is 23.3.